The van der Waals surface area contributed by atoms with Gasteiger partial charge in [0.25, 0.3) is 5.91 Å². The number of ether oxygens (including phenoxy) is 1. The molecule has 116 valence electrons. The average Bonchev–Trinajstić information content (AvgIpc) is 2.42. The predicted molar refractivity (Wildman–Crippen MR) is 79.8 cm³/mol. The number of anilines is 1. The van der Waals surface area contributed by atoms with Crippen LogP contribution in [0.4, 0.5) is 5.82 Å². The number of hydrogen-bond donors (Lipinski definition) is 2. The molecule has 3 N–H and O–H groups in total. The third-order valence-corrected chi connectivity index (χ3v) is 4.34. The maximum atomic E-state index is 12.5. The molecule has 1 aliphatic rings. The van der Waals surface area contributed by atoms with Gasteiger partial charge < -0.3 is 20.5 Å². The standard InChI is InChI=1S/C15H23N3O3/c1-14(2)9-18(7-6-15(14,20)10-21-3)13(19)11-4-5-12(16)17-8-11/h4-5,8,20H,6-7,9-10H2,1-3H3,(H2,16,17)/t15-/m1/s1. The van der Waals surface area contributed by atoms with E-state index in [2.05, 4.69) is 4.98 Å². The van der Waals surface area contributed by atoms with Crippen molar-refractivity contribution in [2.75, 3.05) is 32.5 Å². The maximum Gasteiger partial charge on any atom is 0.255 e. The minimum absolute atomic E-state index is 0.0879. The summed E-state index contributed by atoms with van der Waals surface area (Å²) in [4.78, 5) is 18.2. The van der Waals surface area contributed by atoms with E-state index in [1.807, 2.05) is 13.8 Å². The van der Waals surface area contributed by atoms with Crippen LogP contribution in [-0.4, -0.2) is 53.3 Å². The average molecular weight is 293 g/mol. The van der Waals surface area contributed by atoms with Crippen LogP contribution in [0.2, 0.25) is 0 Å². The number of likely N-dealkylation sites (tertiary alicyclic amines) is 1. The highest BCUT2D eigenvalue weighted by Gasteiger charge is 2.48. The Kier molecular flexibility index (Phi) is 4.20. The Morgan fingerprint density at radius 1 is 1.52 bits per heavy atom. The van der Waals surface area contributed by atoms with Crippen molar-refractivity contribution in [3.8, 4) is 0 Å². The molecular weight excluding hydrogens is 270 g/mol. The molecule has 0 spiro atoms. The van der Waals surface area contributed by atoms with Crippen molar-refractivity contribution in [3.63, 3.8) is 0 Å². The third kappa shape index (κ3) is 3.01. The fourth-order valence-corrected chi connectivity index (χ4v) is 2.76. The van der Waals surface area contributed by atoms with Gasteiger partial charge >= 0.3 is 0 Å². The molecule has 0 saturated carbocycles. The molecule has 0 bridgehead atoms. The number of rotatable bonds is 3. The first-order valence-electron chi connectivity index (χ1n) is 7.01. The highest BCUT2D eigenvalue weighted by atomic mass is 16.5. The van der Waals surface area contributed by atoms with Crippen molar-refractivity contribution in [1.29, 1.82) is 0 Å². The highest BCUT2D eigenvalue weighted by Crippen LogP contribution is 2.39. The zero-order valence-electron chi connectivity index (χ0n) is 12.8. The van der Waals surface area contributed by atoms with E-state index in [0.717, 1.165) is 0 Å². The lowest BCUT2D eigenvalue weighted by molar-refractivity contribution is -0.144. The van der Waals surface area contributed by atoms with Gasteiger partial charge in [-0.25, -0.2) is 4.98 Å². The Morgan fingerprint density at radius 3 is 2.76 bits per heavy atom. The summed E-state index contributed by atoms with van der Waals surface area (Å²) in [5.41, 5.74) is 4.68. The van der Waals surface area contributed by atoms with E-state index < -0.39 is 11.0 Å². The highest BCUT2D eigenvalue weighted by molar-refractivity contribution is 5.94. The number of methoxy groups -OCH3 is 1. The Balaban J connectivity index is 2.14. The topological polar surface area (TPSA) is 88.7 Å². The number of carbonyl (C=O) groups excluding carboxylic acids is 1. The Hall–Kier alpha value is -1.66. The van der Waals surface area contributed by atoms with Crippen molar-refractivity contribution in [3.05, 3.63) is 23.9 Å². The smallest absolute Gasteiger partial charge is 0.255 e. The normalized spacial score (nSPS) is 24.9. The molecule has 2 rings (SSSR count). The first kappa shape index (κ1) is 15.7. The molecular formula is C15H23N3O3. The molecule has 1 amide bonds. The fraction of sp³-hybridized carbons (Fsp3) is 0.600. The maximum absolute atomic E-state index is 12.5. The van der Waals surface area contributed by atoms with Crippen LogP contribution in [0.3, 0.4) is 0 Å². The van der Waals surface area contributed by atoms with Gasteiger partial charge in [0.2, 0.25) is 0 Å². The number of carbonyl (C=O) groups is 1. The molecule has 0 aromatic carbocycles. The van der Waals surface area contributed by atoms with Crippen molar-refractivity contribution in [2.24, 2.45) is 5.41 Å². The van der Waals surface area contributed by atoms with E-state index in [9.17, 15) is 9.90 Å². The number of hydrogen-bond acceptors (Lipinski definition) is 5. The third-order valence-electron chi connectivity index (χ3n) is 4.34. The monoisotopic (exact) mass is 293 g/mol. The van der Waals surface area contributed by atoms with Gasteiger partial charge in [-0.3, -0.25) is 4.79 Å². The van der Waals surface area contributed by atoms with Crippen LogP contribution in [-0.2, 0) is 4.74 Å². The second kappa shape index (κ2) is 5.61. The lowest BCUT2D eigenvalue weighted by Crippen LogP contribution is -2.60. The van der Waals surface area contributed by atoms with Crippen LogP contribution < -0.4 is 5.73 Å². The first-order valence-corrected chi connectivity index (χ1v) is 7.01. The lowest BCUT2D eigenvalue weighted by Gasteiger charge is -2.49. The molecule has 1 fully saturated rings. The zero-order valence-corrected chi connectivity index (χ0v) is 12.8. The number of piperidine rings is 1. The van der Waals surface area contributed by atoms with E-state index in [0.29, 0.717) is 30.9 Å². The van der Waals surface area contributed by atoms with Crippen LogP contribution in [0.5, 0.6) is 0 Å². The summed E-state index contributed by atoms with van der Waals surface area (Å²) in [6.45, 7) is 5.13. The van der Waals surface area contributed by atoms with Crippen LogP contribution in [0, 0.1) is 5.41 Å². The Labute approximate surface area is 124 Å². The molecule has 6 heteroatoms. The number of nitrogen functional groups attached to an aromatic ring is 1. The van der Waals surface area contributed by atoms with Crippen molar-refractivity contribution >= 4 is 11.7 Å². The summed E-state index contributed by atoms with van der Waals surface area (Å²) in [6.07, 6.45) is 1.97. The van der Waals surface area contributed by atoms with Crippen molar-refractivity contribution in [2.45, 2.75) is 25.9 Å². The molecule has 0 aliphatic carbocycles. The number of nitrogens with zero attached hydrogens (tertiary/aromatic N) is 2. The molecule has 1 atom stereocenters. The van der Waals surface area contributed by atoms with E-state index in [1.165, 1.54) is 6.20 Å². The largest absolute Gasteiger partial charge is 0.387 e. The lowest BCUT2D eigenvalue weighted by atomic mass is 9.70. The number of nitrogens with two attached hydrogens (primary N) is 1. The van der Waals surface area contributed by atoms with Gasteiger partial charge in [0.05, 0.1) is 17.8 Å². The van der Waals surface area contributed by atoms with Gasteiger partial charge in [-0.05, 0) is 18.6 Å². The summed E-state index contributed by atoms with van der Waals surface area (Å²) in [5, 5.41) is 10.7. The molecule has 1 aromatic rings. The summed E-state index contributed by atoms with van der Waals surface area (Å²) in [7, 11) is 1.58. The minimum Gasteiger partial charge on any atom is -0.387 e. The molecule has 0 radical (unpaired) electrons. The molecule has 21 heavy (non-hydrogen) atoms. The Morgan fingerprint density at radius 2 is 2.24 bits per heavy atom. The SMILES string of the molecule is COC[C@]1(O)CCN(C(=O)c2ccc(N)nc2)CC1(C)C. The van der Waals surface area contributed by atoms with Crippen LogP contribution in [0.1, 0.15) is 30.6 Å². The molecule has 6 nitrogen and oxygen atoms in total. The van der Waals surface area contributed by atoms with Gasteiger partial charge in [0.1, 0.15) is 5.82 Å². The Bertz CT molecular complexity index is 515. The van der Waals surface area contributed by atoms with Crippen LogP contribution in [0.15, 0.2) is 18.3 Å². The second-order valence-corrected chi connectivity index (χ2v) is 6.30. The van der Waals surface area contributed by atoms with Gasteiger partial charge in [-0.15, -0.1) is 0 Å². The molecule has 1 aromatic heterocycles. The van der Waals surface area contributed by atoms with Crippen molar-refractivity contribution < 1.29 is 14.6 Å². The fourth-order valence-electron chi connectivity index (χ4n) is 2.76. The summed E-state index contributed by atoms with van der Waals surface area (Å²) in [6, 6.07) is 3.29. The number of aromatic nitrogens is 1. The van der Waals surface area contributed by atoms with Crippen LogP contribution in [0.25, 0.3) is 0 Å². The van der Waals surface area contributed by atoms with Gasteiger partial charge in [0, 0.05) is 31.8 Å². The summed E-state index contributed by atoms with van der Waals surface area (Å²) >= 11 is 0. The first-order chi connectivity index (χ1) is 9.79. The van der Waals surface area contributed by atoms with Gasteiger partial charge in [0.15, 0.2) is 0 Å². The van der Waals surface area contributed by atoms with E-state index in [1.54, 1.807) is 24.1 Å². The number of pyridine rings is 1. The van der Waals surface area contributed by atoms with Crippen LogP contribution >= 0.6 is 0 Å². The van der Waals surface area contributed by atoms with E-state index in [4.69, 9.17) is 10.5 Å². The molecule has 1 saturated heterocycles. The predicted octanol–water partition coefficient (Wildman–Crippen LogP) is 0.913. The molecule has 1 aliphatic heterocycles. The second-order valence-electron chi connectivity index (χ2n) is 6.30. The van der Waals surface area contributed by atoms with Gasteiger partial charge in [-0.2, -0.15) is 0 Å². The number of aliphatic hydroxyl groups is 1. The van der Waals surface area contributed by atoms with E-state index in [-0.39, 0.29) is 12.5 Å². The molecule has 0 unspecified atom stereocenters. The van der Waals surface area contributed by atoms with Crippen molar-refractivity contribution in [1.82, 2.24) is 9.88 Å². The summed E-state index contributed by atoms with van der Waals surface area (Å²) < 4.78 is 5.14. The number of amides is 1. The van der Waals surface area contributed by atoms with E-state index >= 15 is 0 Å². The van der Waals surface area contributed by atoms with Gasteiger partial charge in [-0.1, -0.05) is 13.8 Å². The minimum atomic E-state index is -0.919. The zero-order chi connectivity index (χ0) is 15.7. The molecule has 2 heterocycles. The quantitative estimate of drug-likeness (QED) is 0.865. The summed E-state index contributed by atoms with van der Waals surface area (Å²) in [5.74, 6) is 0.301.